The van der Waals surface area contributed by atoms with Crippen molar-refractivity contribution in [3.63, 3.8) is 0 Å². The Morgan fingerprint density at radius 1 is 1.35 bits per heavy atom. The zero-order valence-corrected chi connectivity index (χ0v) is 15.0. The van der Waals surface area contributed by atoms with E-state index < -0.39 is 11.7 Å². The van der Waals surface area contributed by atoms with Crippen LogP contribution in [0.4, 0.5) is 10.6 Å². The monoisotopic (exact) mass is 322 g/mol. The summed E-state index contributed by atoms with van der Waals surface area (Å²) in [6.45, 7) is 8.57. The lowest BCUT2D eigenvalue weighted by Gasteiger charge is -2.27. The summed E-state index contributed by atoms with van der Waals surface area (Å²) in [5.74, 6) is 1.53. The number of aryl methyl sites for hydroxylation is 1. The fourth-order valence-electron chi connectivity index (χ4n) is 2.89. The maximum atomic E-state index is 12.0. The molecule has 0 radical (unpaired) electrons. The van der Waals surface area contributed by atoms with Crippen molar-refractivity contribution in [3.8, 4) is 0 Å². The number of aromatic nitrogens is 2. The van der Waals surface area contributed by atoms with Crippen molar-refractivity contribution in [1.82, 2.24) is 15.1 Å². The Hall–Kier alpha value is -1.56. The number of carbonyl (C=O) groups is 1. The molecule has 0 aliphatic heterocycles. The quantitative estimate of drug-likeness (QED) is 0.891. The van der Waals surface area contributed by atoms with Gasteiger partial charge in [0.15, 0.2) is 0 Å². The van der Waals surface area contributed by atoms with E-state index in [4.69, 9.17) is 4.74 Å². The molecule has 1 aliphatic rings. The van der Waals surface area contributed by atoms with E-state index in [1.807, 2.05) is 27.8 Å². The van der Waals surface area contributed by atoms with Crippen molar-refractivity contribution in [2.45, 2.75) is 71.6 Å². The molecule has 6 heteroatoms. The van der Waals surface area contributed by atoms with E-state index in [0.717, 1.165) is 11.5 Å². The summed E-state index contributed by atoms with van der Waals surface area (Å²) in [6, 6.07) is 0.556. The van der Waals surface area contributed by atoms with E-state index in [1.165, 1.54) is 25.7 Å². The molecular formula is C17H30N4O2. The van der Waals surface area contributed by atoms with Crippen LogP contribution < -0.4 is 10.6 Å². The summed E-state index contributed by atoms with van der Waals surface area (Å²) in [5.41, 5.74) is 0.469. The summed E-state index contributed by atoms with van der Waals surface area (Å²) in [5, 5.41) is 10.6. The Balaban J connectivity index is 1.91. The summed E-state index contributed by atoms with van der Waals surface area (Å²) in [4.78, 5) is 12.0. The van der Waals surface area contributed by atoms with Crippen molar-refractivity contribution >= 4 is 11.9 Å². The van der Waals surface area contributed by atoms with Crippen molar-refractivity contribution in [3.05, 3.63) is 11.8 Å². The van der Waals surface area contributed by atoms with E-state index in [1.54, 1.807) is 10.9 Å². The number of ether oxygens (including phenoxy) is 1. The average molecular weight is 322 g/mol. The van der Waals surface area contributed by atoms with Gasteiger partial charge in [-0.1, -0.05) is 6.92 Å². The predicted molar refractivity (Wildman–Crippen MR) is 91.3 cm³/mol. The van der Waals surface area contributed by atoms with E-state index in [9.17, 15) is 4.79 Å². The maximum Gasteiger partial charge on any atom is 0.413 e. The van der Waals surface area contributed by atoms with Gasteiger partial charge in [-0.15, -0.1) is 0 Å². The molecule has 2 N–H and O–H groups in total. The number of carbonyl (C=O) groups excluding carboxylic acids is 1. The first-order chi connectivity index (χ1) is 10.7. The number of nitrogens with one attached hydrogen (secondary N) is 2. The SMILES string of the molecule is CC1CCC(NCc2cnn(C)c2NC(=O)OC(C)(C)C)CC1. The minimum absolute atomic E-state index is 0.450. The summed E-state index contributed by atoms with van der Waals surface area (Å²) in [6.07, 6.45) is 6.35. The fraction of sp³-hybridized carbons (Fsp3) is 0.765. The number of hydrogen-bond acceptors (Lipinski definition) is 4. The van der Waals surface area contributed by atoms with Crippen molar-refractivity contribution in [2.75, 3.05) is 5.32 Å². The zero-order chi connectivity index (χ0) is 17.0. The molecule has 23 heavy (non-hydrogen) atoms. The maximum absolute atomic E-state index is 12.0. The Morgan fingerprint density at radius 3 is 2.61 bits per heavy atom. The highest BCUT2D eigenvalue weighted by Gasteiger charge is 2.21. The highest BCUT2D eigenvalue weighted by molar-refractivity contribution is 5.84. The lowest BCUT2D eigenvalue weighted by molar-refractivity contribution is 0.0634. The molecule has 0 unspecified atom stereocenters. The number of anilines is 1. The highest BCUT2D eigenvalue weighted by atomic mass is 16.6. The molecule has 0 aromatic carbocycles. The van der Waals surface area contributed by atoms with Gasteiger partial charge in [-0.25, -0.2) is 4.79 Å². The molecule has 1 aromatic heterocycles. The minimum atomic E-state index is -0.514. The predicted octanol–water partition coefficient (Wildman–Crippen LogP) is 3.44. The second kappa shape index (κ2) is 7.34. The summed E-state index contributed by atoms with van der Waals surface area (Å²) >= 11 is 0. The van der Waals surface area contributed by atoms with Crippen LogP contribution in [0.15, 0.2) is 6.20 Å². The van der Waals surface area contributed by atoms with Gasteiger partial charge in [0.1, 0.15) is 11.4 Å². The molecule has 1 fully saturated rings. The molecular weight excluding hydrogens is 292 g/mol. The molecule has 0 spiro atoms. The van der Waals surface area contributed by atoms with Crippen LogP contribution in [0.5, 0.6) is 0 Å². The van der Waals surface area contributed by atoms with Crippen LogP contribution in [0, 0.1) is 5.92 Å². The van der Waals surface area contributed by atoms with Gasteiger partial charge in [0.25, 0.3) is 0 Å². The van der Waals surface area contributed by atoms with E-state index in [2.05, 4.69) is 22.7 Å². The van der Waals surface area contributed by atoms with Crippen LogP contribution in [0.25, 0.3) is 0 Å². The largest absolute Gasteiger partial charge is 0.444 e. The molecule has 1 heterocycles. The number of amides is 1. The highest BCUT2D eigenvalue weighted by Crippen LogP contribution is 2.24. The lowest BCUT2D eigenvalue weighted by atomic mass is 9.87. The van der Waals surface area contributed by atoms with E-state index in [0.29, 0.717) is 18.4 Å². The average Bonchev–Trinajstić information content (AvgIpc) is 2.77. The van der Waals surface area contributed by atoms with Gasteiger partial charge in [0, 0.05) is 25.2 Å². The van der Waals surface area contributed by atoms with Crippen molar-refractivity contribution in [1.29, 1.82) is 0 Å². The zero-order valence-electron chi connectivity index (χ0n) is 15.0. The molecule has 1 saturated carbocycles. The number of rotatable bonds is 4. The van der Waals surface area contributed by atoms with Gasteiger partial charge < -0.3 is 10.1 Å². The normalized spacial score (nSPS) is 22.0. The summed E-state index contributed by atoms with van der Waals surface area (Å²) < 4.78 is 6.99. The van der Waals surface area contributed by atoms with Crippen molar-refractivity contribution in [2.24, 2.45) is 13.0 Å². The molecule has 6 nitrogen and oxygen atoms in total. The third-order valence-corrected chi connectivity index (χ3v) is 4.23. The molecule has 0 saturated heterocycles. The minimum Gasteiger partial charge on any atom is -0.444 e. The van der Waals surface area contributed by atoms with Gasteiger partial charge in [0.2, 0.25) is 0 Å². The van der Waals surface area contributed by atoms with Gasteiger partial charge in [-0.2, -0.15) is 5.10 Å². The Labute approximate surface area is 139 Å². The second-order valence-corrected chi connectivity index (χ2v) is 7.61. The van der Waals surface area contributed by atoms with Gasteiger partial charge in [0.05, 0.1) is 6.20 Å². The van der Waals surface area contributed by atoms with Crippen LogP contribution in [-0.2, 0) is 18.3 Å². The summed E-state index contributed by atoms with van der Waals surface area (Å²) in [7, 11) is 1.82. The first-order valence-corrected chi connectivity index (χ1v) is 8.49. The molecule has 1 aliphatic carbocycles. The van der Waals surface area contributed by atoms with Gasteiger partial charge in [-0.05, 0) is 52.4 Å². The van der Waals surface area contributed by atoms with Crippen LogP contribution in [0.2, 0.25) is 0 Å². The lowest BCUT2D eigenvalue weighted by Crippen LogP contribution is -2.32. The van der Waals surface area contributed by atoms with Crippen LogP contribution in [0.3, 0.4) is 0 Å². The molecule has 0 bridgehead atoms. The number of hydrogen-bond donors (Lipinski definition) is 2. The second-order valence-electron chi connectivity index (χ2n) is 7.61. The third-order valence-electron chi connectivity index (χ3n) is 4.23. The van der Waals surface area contributed by atoms with Crippen LogP contribution >= 0.6 is 0 Å². The first-order valence-electron chi connectivity index (χ1n) is 8.49. The molecule has 2 rings (SSSR count). The Bertz CT molecular complexity index is 525. The van der Waals surface area contributed by atoms with Crippen molar-refractivity contribution < 1.29 is 9.53 Å². The first kappa shape index (κ1) is 17.8. The van der Waals surface area contributed by atoms with Gasteiger partial charge >= 0.3 is 6.09 Å². The molecule has 1 aromatic rings. The molecule has 1 amide bonds. The van der Waals surface area contributed by atoms with Crippen LogP contribution in [-0.4, -0.2) is 27.5 Å². The Morgan fingerprint density at radius 2 is 2.00 bits per heavy atom. The standard InChI is InChI=1S/C17H30N4O2/c1-12-6-8-14(9-7-12)18-10-13-11-19-21(5)15(13)20-16(22)23-17(2,3)4/h11-12,14,18H,6-10H2,1-5H3,(H,20,22). The van der Waals surface area contributed by atoms with Gasteiger partial charge in [-0.3, -0.25) is 10.00 Å². The third kappa shape index (κ3) is 5.53. The fourth-order valence-corrected chi connectivity index (χ4v) is 2.89. The van der Waals surface area contributed by atoms with Crippen LogP contribution in [0.1, 0.15) is 58.9 Å². The number of nitrogens with zero attached hydrogens (tertiary/aromatic N) is 2. The van der Waals surface area contributed by atoms with E-state index in [-0.39, 0.29) is 0 Å². The molecule has 0 atom stereocenters. The smallest absolute Gasteiger partial charge is 0.413 e. The Kier molecular flexibility index (Phi) is 5.68. The van der Waals surface area contributed by atoms with E-state index >= 15 is 0 Å². The topological polar surface area (TPSA) is 68.2 Å². The molecule has 130 valence electrons.